The van der Waals surface area contributed by atoms with Gasteiger partial charge in [-0.2, -0.15) is 0 Å². The molecule has 32 heavy (non-hydrogen) atoms. The van der Waals surface area contributed by atoms with Gasteiger partial charge in [-0.3, -0.25) is 9.59 Å². The first kappa shape index (κ1) is 21.4. The van der Waals surface area contributed by atoms with Crippen molar-refractivity contribution in [1.82, 2.24) is 9.88 Å². The zero-order chi connectivity index (χ0) is 21.9. The van der Waals surface area contributed by atoms with E-state index >= 15 is 0 Å². The Labute approximate surface area is 194 Å². The van der Waals surface area contributed by atoms with Crippen LogP contribution in [0.25, 0.3) is 10.2 Å². The Bertz CT molecular complexity index is 1110. The van der Waals surface area contributed by atoms with Crippen molar-refractivity contribution in [2.24, 2.45) is 0 Å². The van der Waals surface area contributed by atoms with E-state index in [0.29, 0.717) is 44.9 Å². The summed E-state index contributed by atoms with van der Waals surface area (Å²) in [6.07, 6.45) is 1.58. The van der Waals surface area contributed by atoms with Crippen molar-refractivity contribution in [3.8, 4) is 5.75 Å². The van der Waals surface area contributed by atoms with Crippen molar-refractivity contribution in [3.05, 3.63) is 53.6 Å². The van der Waals surface area contributed by atoms with Gasteiger partial charge < -0.3 is 14.4 Å². The molecule has 1 atom stereocenters. The van der Waals surface area contributed by atoms with Crippen LogP contribution in [0.5, 0.6) is 5.75 Å². The maximum absolute atomic E-state index is 12.7. The fourth-order valence-corrected chi connectivity index (χ4v) is 6.19. The number of thioether (sulfide) groups is 1. The lowest BCUT2D eigenvalue weighted by molar-refractivity contribution is -0.139. The van der Waals surface area contributed by atoms with Gasteiger partial charge in [0, 0.05) is 36.3 Å². The third-order valence-electron chi connectivity index (χ3n) is 5.77. The number of carbonyl (C=O) groups excluding carboxylic acids is 2. The molecule has 0 bridgehead atoms. The smallest absolute Gasteiger partial charge is 0.223 e. The van der Waals surface area contributed by atoms with Gasteiger partial charge in [-0.15, -0.1) is 11.3 Å². The molecule has 1 fully saturated rings. The molecule has 1 aliphatic carbocycles. The number of rotatable bonds is 7. The summed E-state index contributed by atoms with van der Waals surface area (Å²) in [5.74, 6) is 1.78. The Kier molecular flexibility index (Phi) is 6.43. The molecule has 0 saturated carbocycles. The summed E-state index contributed by atoms with van der Waals surface area (Å²) in [4.78, 5) is 31.2. The minimum Gasteiger partial charge on any atom is -0.491 e. The van der Waals surface area contributed by atoms with Crippen molar-refractivity contribution in [1.29, 1.82) is 0 Å². The summed E-state index contributed by atoms with van der Waals surface area (Å²) in [6, 6.07) is 13.7. The number of fused-ring (bicyclic) bond motifs is 2. The normalized spacial score (nSPS) is 18.2. The number of thiazole rings is 1. The van der Waals surface area contributed by atoms with Crippen molar-refractivity contribution in [2.75, 3.05) is 32.1 Å². The van der Waals surface area contributed by atoms with Crippen molar-refractivity contribution in [3.63, 3.8) is 0 Å². The molecule has 1 saturated heterocycles. The van der Waals surface area contributed by atoms with Crippen LogP contribution in [0.3, 0.4) is 0 Å². The van der Waals surface area contributed by atoms with Crippen molar-refractivity contribution >= 4 is 45.0 Å². The largest absolute Gasteiger partial charge is 0.491 e. The van der Waals surface area contributed by atoms with Crippen LogP contribution in [0.4, 0.5) is 0 Å². The number of carbonyl (C=O) groups is 2. The Morgan fingerprint density at radius 1 is 1.22 bits per heavy atom. The first-order chi connectivity index (χ1) is 15.7. The van der Waals surface area contributed by atoms with Gasteiger partial charge in [0.15, 0.2) is 10.1 Å². The van der Waals surface area contributed by atoms with Gasteiger partial charge in [-0.25, -0.2) is 4.98 Å². The minimum absolute atomic E-state index is 0.137. The summed E-state index contributed by atoms with van der Waals surface area (Å²) in [5, 5.41) is 0. The zero-order valence-electron chi connectivity index (χ0n) is 17.6. The maximum Gasteiger partial charge on any atom is 0.223 e. The number of aromatic nitrogens is 1. The molecule has 0 N–H and O–H groups in total. The number of hydrogen-bond acceptors (Lipinski definition) is 7. The molecule has 6 nitrogen and oxygen atoms in total. The number of hydrogen-bond donors (Lipinski definition) is 0. The number of para-hydroxylation sites is 1. The van der Waals surface area contributed by atoms with E-state index in [9.17, 15) is 9.59 Å². The zero-order valence-corrected chi connectivity index (χ0v) is 19.3. The van der Waals surface area contributed by atoms with Gasteiger partial charge in [-0.05, 0) is 24.6 Å². The van der Waals surface area contributed by atoms with E-state index in [0.717, 1.165) is 33.2 Å². The van der Waals surface area contributed by atoms with Crippen LogP contribution < -0.4 is 4.74 Å². The number of benzene rings is 2. The SMILES string of the molecule is O=C1CCc2c(OCC3CN(C(=O)CCSc4nc5ccccc5s4)CCO3)cccc21. The lowest BCUT2D eigenvalue weighted by atomic mass is 10.1. The minimum atomic E-state index is -0.169. The average molecular weight is 469 g/mol. The molecule has 166 valence electrons. The highest BCUT2D eigenvalue weighted by molar-refractivity contribution is 8.01. The van der Waals surface area contributed by atoms with Gasteiger partial charge >= 0.3 is 0 Å². The van der Waals surface area contributed by atoms with E-state index in [2.05, 4.69) is 11.1 Å². The average Bonchev–Trinajstić information content (AvgIpc) is 3.41. The third kappa shape index (κ3) is 4.67. The van der Waals surface area contributed by atoms with Crippen LogP contribution in [0, 0.1) is 0 Å². The summed E-state index contributed by atoms with van der Waals surface area (Å²) in [6.45, 7) is 2.01. The number of ketones is 1. The van der Waals surface area contributed by atoms with Crippen LogP contribution >= 0.6 is 23.1 Å². The summed E-state index contributed by atoms with van der Waals surface area (Å²) >= 11 is 3.30. The molecule has 2 aliphatic rings. The number of ether oxygens (including phenoxy) is 2. The Morgan fingerprint density at radius 2 is 2.12 bits per heavy atom. The van der Waals surface area contributed by atoms with Crippen LogP contribution in [-0.4, -0.2) is 59.7 Å². The highest BCUT2D eigenvalue weighted by Gasteiger charge is 2.26. The van der Waals surface area contributed by atoms with Gasteiger partial charge in [-0.1, -0.05) is 36.0 Å². The molecule has 1 aliphatic heterocycles. The highest BCUT2D eigenvalue weighted by atomic mass is 32.2. The van der Waals surface area contributed by atoms with E-state index in [1.54, 1.807) is 23.1 Å². The Balaban J connectivity index is 1.10. The predicted octanol–water partition coefficient (Wildman–Crippen LogP) is 4.21. The molecular weight excluding hydrogens is 444 g/mol. The number of nitrogens with zero attached hydrogens (tertiary/aromatic N) is 2. The predicted molar refractivity (Wildman–Crippen MR) is 126 cm³/mol. The monoisotopic (exact) mass is 468 g/mol. The quantitative estimate of drug-likeness (QED) is 0.484. The molecule has 8 heteroatoms. The van der Waals surface area contributed by atoms with E-state index in [1.165, 1.54) is 4.70 Å². The van der Waals surface area contributed by atoms with Gasteiger partial charge in [0.25, 0.3) is 0 Å². The van der Waals surface area contributed by atoms with Crippen molar-refractivity contribution < 1.29 is 19.1 Å². The van der Waals surface area contributed by atoms with Gasteiger partial charge in [0.2, 0.25) is 5.91 Å². The molecule has 0 spiro atoms. The summed E-state index contributed by atoms with van der Waals surface area (Å²) in [5.41, 5.74) is 2.78. The molecule has 1 unspecified atom stereocenters. The first-order valence-corrected chi connectivity index (χ1v) is 12.6. The van der Waals surface area contributed by atoms with E-state index < -0.39 is 0 Å². The lowest BCUT2D eigenvalue weighted by Gasteiger charge is -2.33. The summed E-state index contributed by atoms with van der Waals surface area (Å²) in [7, 11) is 0. The molecule has 1 aromatic heterocycles. The number of Topliss-reactive ketones (excluding diaryl/α,β-unsaturated/α-hetero) is 1. The van der Waals surface area contributed by atoms with E-state index in [1.807, 2.05) is 41.3 Å². The van der Waals surface area contributed by atoms with Crippen LogP contribution in [0.1, 0.15) is 28.8 Å². The fraction of sp³-hybridized carbons (Fsp3) is 0.375. The van der Waals surface area contributed by atoms with Crippen molar-refractivity contribution in [2.45, 2.75) is 29.7 Å². The fourth-order valence-electron chi connectivity index (χ4n) is 4.12. The molecule has 5 rings (SSSR count). The topological polar surface area (TPSA) is 68.7 Å². The lowest BCUT2D eigenvalue weighted by Crippen LogP contribution is -2.47. The number of amides is 1. The molecule has 2 aromatic carbocycles. The second-order valence-electron chi connectivity index (χ2n) is 7.89. The van der Waals surface area contributed by atoms with Gasteiger partial charge in [0.05, 0.1) is 23.4 Å². The Hall–Kier alpha value is -2.42. The molecule has 0 radical (unpaired) electrons. The highest BCUT2D eigenvalue weighted by Crippen LogP contribution is 2.31. The van der Waals surface area contributed by atoms with Crippen LogP contribution in [0.15, 0.2) is 46.8 Å². The molecular formula is C24H24N2O4S2. The van der Waals surface area contributed by atoms with Gasteiger partial charge in [0.1, 0.15) is 18.5 Å². The summed E-state index contributed by atoms with van der Waals surface area (Å²) < 4.78 is 14.0. The van der Waals surface area contributed by atoms with Crippen LogP contribution in [0.2, 0.25) is 0 Å². The standard InChI is InChI=1S/C24H24N2O4S2/c27-20-9-8-18-17(20)4-3-6-21(18)30-15-16-14-26(11-12-29-16)23(28)10-13-31-24-25-19-5-1-2-7-22(19)32-24/h1-7,16H,8-15H2. The molecule has 1 amide bonds. The van der Waals surface area contributed by atoms with E-state index in [4.69, 9.17) is 9.47 Å². The second-order valence-corrected chi connectivity index (χ2v) is 10.3. The number of morpholine rings is 1. The maximum atomic E-state index is 12.7. The third-order valence-corrected chi connectivity index (χ3v) is 7.95. The van der Waals surface area contributed by atoms with E-state index in [-0.39, 0.29) is 17.8 Å². The second kappa shape index (κ2) is 9.60. The molecule has 3 aromatic rings. The van der Waals surface area contributed by atoms with Crippen LogP contribution in [-0.2, 0) is 16.0 Å². The molecule has 2 heterocycles. The Morgan fingerprint density at radius 3 is 3.03 bits per heavy atom. The first-order valence-electron chi connectivity index (χ1n) is 10.8.